The summed E-state index contributed by atoms with van der Waals surface area (Å²) in [5.41, 5.74) is 1.11. The molecular weight excluding hydrogens is 272 g/mol. The van der Waals surface area contributed by atoms with Gasteiger partial charge in [-0.15, -0.1) is 0 Å². The average molecular weight is 285 g/mol. The molecule has 1 saturated carbocycles. The Kier molecular flexibility index (Phi) is 3.30. The van der Waals surface area contributed by atoms with Crippen molar-refractivity contribution in [2.24, 2.45) is 0 Å². The standard InChI is InChI=1S/C12H13BrO3/c1-7-5-8(3-4-9(7)13)16-11-6-10(14)12(11)15-2/h3-5,11-12H,6H2,1-2H3. The number of carbonyl (C=O) groups is 1. The van der Waals surface area contributed by atoms with E-state index in [-0.39, 0.29) is 11.9 Å². The number of rotatable bonds is 3. The summed E-state index contributed by atoms with van der Waals surface area (Å²) in [4.78, 5) is 11.2. The zero-order valence-electron chi connectivity index (χ0n) is 9.20. The highest BCUT2D eigenvalue weighted by Crippen LogP contribution is 2.27. The van der Waals surface area contributed by atoms with Crippen molar-refractivity contribution in [3.8, 4) is 5.75 Å². The van der Waals surface area contributed by atoms with E-state index in [1.807, 2.05) is 25.1 Å². The SMILES string of the molecule is COC1C(=O)CC1Oc1ccc(Br)c(C)c1. The van der Waals surface area contributed by atoms with Gasteiger partial charge in [0.1, 0.15) is 11.9 Å². The molecule has 0 N–H and O–H groups in total. The fourth-order valence-corrected chi connectivity index (χ4v) is 1.97. The number of halogens is 1. The number of ketones is 1. The first-order valence-corrected chi connectivity index (χ1v) is 5.89. The number of methoxy groups -OCH3 is 1. The van der Waals surface area contributed by atoms with Crippen LogP contribution in [-0.2, 0) is 9.53 Å². The maximum Gasteiger partial charge on any atom is 0.169 e. The Morgan fingerprint density at radius 3 is 2.75 bits per heavy atom. The van der Waals surface area contributed by atoms with Gasteiger partial charge in [0.2, 0.25) is 0 Å². The fourth-order valence-electron chi connectivity index (χ4n) is 1.72. The summed E-state index contributed by atoms with van der Waals surface area (Å²) in [7, 11) is 1.53. The molecule has 86 valence electrons. The lowest BCUT2D eigenvalue weighted by molar-refractivity contribution is -0.150. The smallest absolute Gasteiger partial charge is 0.169 e. The lowest BCUT2D eigenvalue weighted by atomic mass is 9.90. The van der Waals surface area contributed by atoms with E-state index in [0.717, 1.165) is 15.8 Å². The molecule has 1 aliphatic carbocycles. The summed E-state index contributed by atoms with van der Waals surface area (Å²) in [5, 5.41) is 0. The topological polar surface area (TPSA) is 35.5 Å². The number of carbonyl (C=O) groups excluding carboxylic acids is 1. The van der Waals surface area contributed by atoms with Crippen LogP contribution in [0.25, 0.3) is 0 Å². The van der Waals surface area contributed by atoms with E-state index < -0.39 is 6.10 Å². The minimum Gasteiger partial charge on any atom is -0.487 e. The molecule has 0 amide bonds. The number of benzene rings is 1. The minimum atomic E-state index is -0.399. The van der Waals surface area contributed by atoms with Gasteiger partial charge in [0, 0.05) is 18.0 Å². The molecule has 2 unspecified atom stereocenters. The van der Waals surface area contributed by atoms with Crippen LogP contribution in [0.2, 0.25) is 0 Å². The van der Waals surface area contributed by atoms with Gasteiger partial charge in [-0.05, 0) is 30.7 Å². The van der Waals surface area contributed by atoms with Crippen LogP contribution in [0.15, 0.2) is 22.7 Å². The third kappa shape index (κ3) is 2.13. The maximum atomic E-state index is 11.2. The summed E-state index contributed by atoms with van der Waals surface area (Å²) < 4.78 is 11.8. The van der Waals surface area contributed by atoms with Crippen LogP contribution in [-0.4, -0.2) is 25.1 Å². The van der Waals surface area contributed by atoms with Crippen LogP contribution in [0.3, 0.4) is 0 Å². The van der Waals surface area contributed by atoms with E-state index in [2.05, 4.69) is 15.9 Å². The average Bonchev–Trinajstić information content (AvgIpc) is 2.23. The number of ether oxygens (including phenoxy) is 2. The molecule has 2 rings (SSSR count). The van der Waals surface area contributed by atoms with Crippen molar-refractivity contribution >= 4 is 21.7 Å². The van der Waals surface area contributed by atoms with E-state index in [1.165, 1.54) is 7.11 Å². The highest BCUT2D eigenvalue weighted by Gasteiger charge is 2.41. The van der Waals surface area contributed by atoms with Crippen LogP contribution < -0.4 is 4.74 Å². The predicted molar refractivity (Wildman–Crippen MR) is 63.7 cm³/mol. The second-order valence-electron chi connectivity index (χ2n) is 3.89. The molecule has 4 heteroatoms. The second-order valence-corrected chi connectivity index (χ2v) is 4.75. The van der Waals surface area contributed by atoms with Crippen molar-refractivity contribution in [2.45, 2.75) is 25.6 Å². The van der Waals surface area contributed by atoms with Gasteiger partial charge >= 0.3 is 0 Å². The van der Waals surface area contributed by atoms with Gasteiger partial charge in [-0.2, -0.15) is 0 Å². The quantitative estimate of drug-likeness (QED) is 0.856. The Bertz CT molecular complexity index is 417. The molecule has 1 aliphatic rings. The third-order valence-corrected chi connectivity index (χ3v) is 3.62. The van der Waals surface area contributed by atoms with Crippen LogP contribution in [0, 0.1) is 6.92 Å². The Hall–Kier alpha value is -0.870. The highest BCUT2D eigenvalue weighted by molar-refractivity contribution is 9.10. The molecule has 3 nitrogen and oxygen atoms in total. The Balaban J connectivity index is 2.05. The first-order valence-electron chi connectivity index (χ1n) is 5.10. The summed E-state index contributed by atoms with van der Waals surface area (Å²) in [6, 6.07) is 5.76. The maximum absolute atomic E-state index is 11.2. The van der Waals surface area contributed by atoms with Crippen molar-refractivity contribution in [3.63, 3.8) is 0 Å². The second kappa shape index (κ2) is 4.55. The monoisotopic (exact) mass is 284 g/mol. The van der Waals surface area contributed by atoms with Crippen LogP contribution in [0.4, 0.5) is 0 Å². The largest absolute Gasteiger partial charge is 0.487 e. The van der Waals surface area contributed by atoms with Crippen molar-refractivity contribution in [1.82, 2.24) is 0 Å². The van der Waals surface area contributed by atoms with Crippen LogP contribution in [0.5, 0.6) is 5.75 Å². The molecule has 16 heavy (non-hydrogen) atoms. The summed E-state index contributed by atoms with van der Waals surface area (Å²) in [6.07, 6.45) is -0.102. The molecular formula is C12H13BrO3. The van der Waals surface area contributed by atoms with Crippen molar-refractivity contribution in [2.75, 3.05) is 7.11 Å². The zero-order valence-corrected chi connectivity index (χ0v) is 10.8. The predicted octanol–water partition coefficient (Wildman–Crippen LogP) is 2.49. The fraction of sp³-hybridized carbons (Fsp3) is 0.417. The summed E-state index contributed by atoms with van der Waals surface area (Å²) in [6.45, 7) is 2.00. The first-order chi connectivity index (χ1) is 7.61. The zero-order chi connectivity index (χ0) is 11.7. The Labute approximate surface area is 103 Å². The summed E-state index contributed by atoms with van der Waals surface area (Å²) in [5.74, 6) is 0.890. The Morgan fingerprint density at radius 2 is 2.19 bits per heavy atom. The van der Waals surface area contributed by atoms with Gasteiger partial charge in [-0.3, -0.25) is 4.79 Å². The number of hydrogen-bond acceptors (Lipinski definition) is 3. The van der Waals surface area contributed by atoms with E-state index in [4.69, 9.17) is 9.47 Å². The van der Waals surface area contributed by atoms with E-state index >= 15 is 0 Å². The molecule has 2 atom stereocenters. The molecule has 0 aromatic heterocycles. The molecule has 0 spiro atoms. The van der Waals surface area contributed by atoms with Gasteiger partial charge in [0.05, 0.1) is 0 Å². The molecule has 0 saturated heterocycles. The van der Waals surface area contributed by atoms with Crippen LogP contribution in [0.1, 0.15) is 12.0 Å². The normalized spacial score (nSPS) is 24.1. The number of hydrogen-bond donors (Lipinski definition) is 0. The van der Waals surface area contributed by atoms with Gasteiger partial charge in [-0.25, -0.2) is 0 Å². The van der Waals surface area contributed by atoms with Gasteiger partial charge in [-0.1, -0.05) is 15.9 Å². The van der Waals surface area contributed by atoms with E-state index in [9.17, 15) is 4.79 Å². The molecule has 1 fully saturated rings. The first kappa shape index (κ1) is 11.6. The third-order valence-electron chi connectivity index (χ3n) is 2.73. The van der Waals surface area contributed by atoms with Gasteiger partial charge in [0.15, 0.2) is 11.9 Å². The van der Waals surface area contributed by atoms with Crippen molar-refractivity contribution in [1.29, 1.82) is 0 Å². The molecule has 0 aliphatic heterocycles. The van der Waals surface area contributed by atoms with E-state index in [1.54, 1.807) is 0 Å². The Morgan fingerprint density at radius 1 is 1.44 bits per heavy atom. The molecule has 0 bridgehead atoms. The number of Topliss-reactive ketones (excluding diaryl/α,β-unsaturated/α-hetero) is 1. The summed E-state index contributed by atoms with van der Waals surface area (Å²) >= 11 is 3.43. The van der Waals surface area contributed by atoms with Crippen molar-refractivity contribution < 1.29 is 14.3 Å². The van der Waals surface area contributed by atoms with Crippen LogP contribution >= 0.6 is 15.9 Å². The highest BCUT2D eigenvalue weighted by atomic mass is 79.9. The lowest BCUT2D eigenvalue weighted by Crippen LogP contribution is -2.51. The minimum absolute atomic E-state index is 0.112. The molecule has 1 aromatic carbocycles. The van der Waals surface area contributed by atoms with Gasteiger partial charge < -0.3 is 9.47 Å². The molecule has 0 radical (unpaired) electrons. The van der Waals surface area contributed by atoms with Crippen molar-refractivity contribution in [3.05, 3.63) is 28.2 Å². The number of aryl methyl sites for hydroxylation is 1. The van der Waals surface area contributed by atoms with Gasteiger partial charge in [0.25, 0.3) is 0 Å². The van der Waals surface area contributed by atoms with E-state index in [0.29, 0.717) is 6.42 Å². The molecule has 1 aromatic rings. The lowest BCUT2D eigenvalue weighted by Gasteiger charge is -2.33. The molecule has 0 heterocycles.